The van der Waals surface area contributed by atoms with Gasteiger partial charge in [-0.25, -0.2) is 18.1 Å². The topological polar surface area (TPSA) is 141 Å². The number of nitrogens with one attached hydrogen (secondary N) is 2. The number of carbonyl (C=O) groups is 1. The molecule has 1 saturated heterocycles. The molecule has 0 aliphatic carbocycles. The highest BCUT2D eigenvalue weighted by Crippen LogP contribution is 2.34. The van der Waals surface area contributed by atoms with Crippen molar-refractivity contribution in [2.75, 3.05) is 56.2 Å². The van der Waals surface area contributed by atoms with Crippen molar-refractivity contribution in [1.82, 2.24) is 19.5 Å². The predicted molar refractivity (Wildman–Crippen MR) is 231 cm³/mol. The molecule has 2 N–H and O–H groups in total. The van der Waals surface area contributed by atoms with E-state index in [-0.39, 0.29) is 28.2 Å². The summed E-state index contributed by atoms with van der Waals surface area (Å²) in [5.74, 6) is 0.590. The van der Waals surface area contributed by atoms with Crippen LogP contribution in [0.2, 0.25) is 5.02 Å². The van der Waals surface area contributed by atoms with Gasteiger partial charge in [0, 0.05) is 66.2 Å². The summed E-state index contributed by atoms with van der Waals surface area (Å²) in [6, 6.07) is 31.7. The summed E-state index contributed by atoms with van der Waals surface area (Å²) in [6.07, 6.45) is 3.65. The van der Waals surface area contributed by atoms with Crippen LogP contribution in [0.4, 0.5) is 17.2 Å². The summed E-state index contributed by atoms with van der Waals surface area (Å²) in [5, 5.41) is 16.2. The monoisotopic (exact) mass is 839 g/mol. The molecule has 2 aliphatic rings. The SMILES string of the molecule is CN(C)CC[C@H](CSc1ccccc1)Nc1ccc(S(=O)(=O)NC(=O)c2cnc3c(c2)CCC2CN(Cc4ccccc4-c4ccc(Cl)cc4)CCN32)cc1[N+](=O)[O-]. The first kappa shape index (κ1) is 41.2. The molecule has 3 heterocycles. The Balaban J connectivity index is 1.000. The zero-order chi connectivity index (χ0) is 40.8. The van der Waals surface area contributed by atoms with E-state index in [0.717, 1.165) is 67.1 Å². The van der Waals surface area contributed by atoms with Crippen LogP contribution in [0.5, 0.6) is 0 Å². The molecule has 1 amide bonds. The average molecular weight is 840 g/mol. The number of aromatic nitrogens is 1. The number of fused-ring (bicyclic) bond motifs is 3. The summed E-state index contributed by atoms with van der Waals surface area (Å²) >= 11 is 7.78. The summed E-state index contributed by atoms with van der Waals surface area (Å²) in [7, 11) is -0.544. The molecule has 0 radical (unpaired) electrons. The number of halogens is 1. The smallest absolute Gasteiger partial charge is 0.293 e. The molecule has 1 aromatic heterocycles. The summed E-state index contributed by atoms with van der Waals surface area (Å²) < 4.78 is 29.1. The molecule has 2 atom stereocenters. The molecule has 302 valence electrons. The lowest BCUT2D eigenvalue weighted by Crippen LogP contribution is -2.55. The summed E-state index contributed by atoms with van der Waals surface area (Å²) in [5.41, 5.74) is 4.35. The third-order valence-electron chi connectivity index (χ3n) is 10.5. The van der Waals surface area contributed by atoms with Crippen molar-refractivity contribution in [3.63, 3.8) is 0 Å². The van der Waals surface area contributed by atoms with E-state index in [4.69, 9.17) is 11.6 Å². The van der Waals surface area contributed by atoms with Gasteiger partial charge >= 0.3 is 0 Å². The second kappa shape index (κ2) is 18.3. The third-order valence-corrected chi connectivity index (χ3v) is 13.3. The van der Waals surface area contributed by atoms with Gasteiger partial charge in [-0.1, -0.05) is 66.2 Å². The van der Waals surface area contributed by atoms with Crippen LogP contribution in [0.1, 0.15) is 34.3 Å². The van der Waals surface area contributed by atoms with Crippen molar-refractivity contribution in [2.24, 2.45) is 0 Å². The molecule has 1 unspecified atom stereocenters. The molecule has 12 nitrogen and oxygen atoms in total. The number of nitro benzene ring substituents is 1. The molecule has 0 spiro atoms. The van der Waals surface area contributed by atoms with Crippen molar-refractivity contribution in [1.29, 1.82) is 0 Å². The zero-order valence-electron chi connectivity index (χ0n) is 32.4. The van der Waals surface area contributed by atoms with Gasteiger partial charge in [0.1, 0.15) is 11.5 Å². The van der Waals surface area contributed by atoms with Gasteiger partial charge < -0.3 is 15.1 Å². The Morgan fingerprint density at radius 1 is 1.02 bits per heavy atom. The van der Waals surface area contributed by atoms with Crippen LogP contribution in [0.15, 0.2) is 119 Å². The number of sulfonamides is 1. The Bertz CT molecular complexity index is 2370. The van der Waals surface area contributed by atoms with Crippen LogP contribution in [0, 0.1) is 10.1 Å². The van der Waals surface area contributed by atoms with Crippen LogP contribution in [-0.2, 0) is 23.0 Å². The van der Waals surface area contributed by atoms with Crippen molar-refractivity contribution >= 4 is 56.5 Å². The number of nitrogens with zero attached hydrogens (tertiary/aromatic N) is 5. The maximum atomic E-state index is 13.5. The van der Waals surface area contributed by atoms with Crippen molar-refractivity contribution in [2.45, 2.75) is 47.7 Å². The second-order valence-corrected chi connectivity index (χ2v) is 18.1. The highest BCUT2D eigenvalue weighted by molar-refractivity contribution is 7.99. The number of piperazine rings is 1. The number of benzene rings is 4. The Hall–Kier alpha value is -4.99. The van der Waals surface area contributed by atoms with Gasteiger partial charge in [-0.3, -0.25) is 19.8 Å². The molecule has 4 aromatic carbocycles. The van der Waals surface area contributed by atoms with Crippen LogP contribution in [0.25, 0.3) is 11.1 Å². The molecule has 7 rings (SSSR count). The minimum absolute atomic E-state index is 0.102. The maximum absolute atomic E-state index is 13.5. The first-order chi connectivity index (χ1) is 27.9. The molecule has 15 heteroatoms. The van der Waals surface area contributed by atoms with E-state index < -0.39 is 26.5 Å². The summed E-state index contributed by atoms with van der Waals surface area (Å²) in [4.78, 5) is 37.2. The fourth-order valence-electron chi connectivity index (χ4n) is 7.53. The van der Waals surface area contributed by atoms with Gasteiger partial charge in [0.15, 0.2) is 0 Å². The highest BCUT2D eigenvalue weighted by Gasteiger charge is 2.34. The minimum atomic E-state index is -4.46. The lowest BCUT2D eigenvalue weighted by atomic mass is 9.94. The van der Waals surface area contributed by atoms with Crippen LogP contribution < -0.4 is 14.9 Å². The Kier molecular flexibility index (Phi) is 13.0. The predicted octanol–water partition coefficient (Wildman–Crippen LogP) is 7.59. The van der Waals surface area contributed by atoms with E-state index in [0.29, 0.717) is 23.6 Å². The number of rotatable bonds is 15. The van der Waals surface area contributed by atoms with E-state index in [1.807, 2.05) is 73.6 Å². The number of aryl methyl sites for hydroxylation is 1. The molecular weight excluding hydrogens is 794 g/mol. The third kappa shape index (κ3) is 9.99. The van der Waals surface area contributed by atoms with Gasteiger partial charge in [0.25, 0.3) is 21.6 Å². The maximum Gasteiger partial charge on any atom is 0.293 e. The molecular formula is C43H46ClN7O5S2. The van der Waals surface area contributed by atoms with E-state index >= 15 is 0 Å². The Morgan fingerprint density at radius 3 is 2.53 bits per heavy atom. The van der Waals surface area contributed by atoms with E-state index in [1.165, 1.54) is 29.5 Å². The largest absolute Gasteiger partial charge is 0.376 e. The van der Waals surface area contributed by atoms with E-state index in [1.54, 1.807) is 17.8 Å². The first-order valence-electron chi connectivity index (χ1n) is 19.2. The lowest BCUT2D eigenvalue weighted by molar-refractivity contribution is -0.384. The van der Waals surface area contributed by atoms with Crippen molar-refractivity contribution in [3.05, 3.63) is 141 Å². The number of pyridine rings is 1. The van der Waals surface area contributed by atoms with Gasteiger partial charge in [-0.05, 0) is 105 Å². The number of amides is 1. The number of hydrogen-bond donors (Lipinski definition) is 2. The van der Waals surface area contributed by atoms with Gasteiger partial charge in [0.2, 0.25) is 0 Å². The van der Waals surface area contributed by atoms with E-state index in [9.17, 15) is 23.3 Å². The Labute approximate surface area is 348 Å². The lowest BCUT2D eigenvalue weighted by Gasteiger charge is -2.45. The fourth-order valence-corrected chi connectivity index (χ4v) is 9.64. The van der Waals surface area contributed by atoms with Crippen LogP contribution in [-0.4, -0.2) is 92.1 Å². The average Bonchev–Trinajstić information content (AvgIpc) is 3.22. The van der Waals surface area contributed by atoms with Crippen LogP contribution in [0.3, 0.4) is 0 Å². The van der Waals surface area contributed by atoms with Crippen molar-refractivity contribution < 1.29 is 18.1 Å². The van der Waals surface area contributed by atoms with E-state index in [2.05, 4.69) is 49.1 Å². The minimum Gasteiger partial charge on any atom is -0.376 e. The van der Waals surface area contributed by atoms with Gasteiger partial charge in [-0.15, -0.1) is 11.8 Å². The first-order valence-corrected chi connectivity index (χ1v) is 22.0. The molecule has 0 bridgehead atoms. The summed E-state index contributed by atoms with van der Waals surface area (Å²) in [6.45, 7) is 4.01. The molecule has 0 saturated carbocycles. The molecule has 5 aromatic rings. The fraction of sp³-hybridized carbons (Fsp3) is 0.302. The quantitative estimate of drug-likeness (QED) is 0.0612. The number of hydrogen-bond acceptors (Lipinski definition) is 11. The second-order valence-electron chi connectivity index (χ2n) is 14.9. The van der Waals surface area contributed by atoms with Crippen molar-refractivity contribution in [3.8, 4) is 11.1 Å². The number of nitro groups is 1. The molecule has 58 heavy (non-hydrogen) atoms. The van der Waals surface area contributed by atoms with Crippen LogP contribution >= 0.6 is 23.4 Å². The number of thioether (sulfide) groups is 1. The Morgan fingerprint density at radius 2 is 1.78 bits per heavy atom. The highest BCUT2D eigenvalue weighted by atomic mass is 35.5. The molecule has 1 fully saturated rings. The van der Waals surface area contributed by atoms with Gasteiger partial charge in [0.05, 0.1) is 15.4 Å². The number of anilines is 2. The zero-order valence-corrected chi connectivity index (χ0v) is 34.8. The standard InChI is InChI=1S/C43H46ClN7O5S2/c1-48(2)21-20-35(29-57-37-9-4-3-5-10-37)46-40-19-18-38(25-41(40)51(53)54)58(55,56)47-43(52)33-24-31-14-17-36-28-49(22-23-50(36)42(31)45-26-33)27-32-8-6-7-11-39(32)30-12-15-34(44)16-13-30/h3-13,15-16,18-19,24-26,35-36,46H,14,17,20-23,27-29H2,1-2H3,(H,47,52)/t35-,36?/m1/s1. The van der Waals surface area contributed by atoms with Gasteiger partial charge in [-0.2, -0.15) is 0 Å². The normalized spacial score (nSPS) is 16.0. The number of carbonyl (C=O) groups excluding carboxylic acids is 1. The molecule has 2 aliphatic heterocycles.